The van der Waals surface area contributed by atoms with Crippen molar-refractivity contribution in [2.45, 2.75) is 0 Å². The summed E-state index contributed by atoms with van der Waals surface area (Å²) in [6.07, 6.45) is 1.11. The number of carbonyl (C=O) groups excluding carboxylic acids is 2. The maximum atomic E-state index is 11.9. The number of nitrogens with two attached hydrogens (primary N) is 2. The van der Waals surface area contributed by atoms with Gasteiger partial charge in [-0.15, -0.1) is 0 Å². The molecule has 0 amide bonds. The molecule has 1 heterocycles. The van der Waals surface area contributed by atoms with Crippen molar-refractivity contribution in [3.8, 4) is 11.3 Å². The van der Waals surface area contributed by atoms with Crippen LogP contribution in [0, 0.1) is 0 Å². The molecule has 0 spiro atoms. The first-order valence-electron chi connectivity index (χ1n) is 6.00. The van der Waals surface area contributed by atoms with Crippen molar-refractivity contribution in [2.75, 3.05) is 5.73 Å². The highest BCUT2D eigenvalue weighted by atomic mass is 16.1. The summed E-state index contributed by atoms with van der Waals surface area (Å²) >= 11 is 0. The lowest BCUT2D eigenvalue weighted by Crippen LogP contribution is -2.23. The molecular formula is C15H11N3O2. The lowest BCUT2D eigenvalue weighted by atomic mass is 9.96. The van der Waals surface area contributed by atoms with Gasteiger partial charge in [0.25, 0.3) is 0 Å². The maximum Gasteiger partial charge on any atom is 0.211 e. The van der Waals surface area contributed by atoms with Crippen molar-refractivity contribution in [3.63, 3.8) is 0 Å². The van der Waals surface area contributed by atoms with Gasteiger partial charge in [0.05, 0.1) is 17.0 Å². The van der Waals surface area contributed by atoms with Crippen LogP contribution in [0.15, 0.2) is 48.2 Å². The number of para-hydroxylation sites is 1. The number of carbonyl (C=O) groups is 2. The van der Waals surface area contributed by atoms with Crippen LogP contribution in [-0.2, 0) is 0 Å². The van der Waals surface area contributed by atoms with Gasteiger partial charge in [0.15, 0.2) is 0 Å². The Morgan fingerprint density at radius 1 is 0.900 bits per heavy atom. The summed E-state index contributed by atoms with van der Waals surface area (Å²) in [5.74, 6) is -0.742. The minimum atomic E-state index is -0.375. The van der Waals surface area contributed by atoms with Gasteiger partial charge in [-0.1, -0.05) is 18.2 Å². The fourth-order valence-corrected chi connectivity index (χ4v) is 2.14. The van der Waals surface area contributed by atoms with Crippen molar-refractivity contribution in [1.29, 1.82) is 0 Å². The van der Waals surface area contributed by atoms with Crippen molar-refractivity contribution >= 4 is 17.3 Å². The van der Waals surface area contributed by atoms with Crippen LogP contribution in [0.1, 0.15) is 20.8 Å². The molecule has 0 aliphatic heterocycles. The van der Waals surface area contributed by atoms with Crippen LogP contribution in [0.2, 0.25) is 0 Å². The smallest absolute Gasteiger partial charge is 0.211 e. The molecule has 1 aromatic heterocycles. The van der Waals surface area contributed by atoms with Crippen molar-refractivity contribution in [1.82, 2.24) is 4.98 Å². The molecule has 2 aromatic rings. The van der Waals surface area contributed by atoms with Crippen molar-refractivity contribution < 1.29 is 9.59 Å². The highest BCUT2D eigenvalue weighted by molar-refractivity contribution is 6.23. The number of Topliss-reactive ketones (excluding diaryl/α,β-unsaturated/α-hetero) is 1. The average molecular weight is 265 g/mol. The maximum absolute atomic E-state index is 11.9. The Kier molecular flexibility index (Phi) is 2.61. The molecule has 0 saturated carbocycles. The van der Waals surface area contributed by atoms with Gasteiger partial charge in [-0.25, -0.2) is 4.98 Å². The predicted octanol–water partition coefficient (Wildman–Crippen LogP) is 1.55. The third-order valence-electron chi connectivity index (χ3n) is 3.16. The zero-order chi connectivity index (χ0) is 14.3. The van der Waals surface area contributed by atoms with E-state index in [9.17, 15) is 9.59 Å². The Bertz CT molecular complexity index is 778. The summed E-state index contributed by atoms with van der Waals surface area (Å²) in [6.45, 7) is 0. The topological polar surface area (TPSA) is 99.1 Å². The van der Waals surface area contributed by atoms with Crippen LogP contribution >= 0.6 is 0 Å². The van der Waals surface area contributed by atoms with Gasteiger partial charge in [0.1, 0.15) is 5.69 Å². The number of hydrogen-bond donors (Lipinski definition) is 2. The first-order chi connectivity index (χ1) is 9.58. The second-order valence-electron chi connectivity index (χ2n) is 4.47. The molecule has 0 unspecified atom stereocenters. The lowest BCUT2D eigenvalue weighted by Gasteiger charge is -2.13. The Balaban J connectivity index is 2.18. The molecule has 0 atom stereocenters. The number of anilines is 1. The van der Waals surface area contributed by atoms with E-state index >= 15 is 0 Å². The fraction of sp³-hybridized carbons (Fsp3) is 0. The number of allylic oxidation sites excluding steroid dienone is 2. The number of rotatable bonds is 1. The van der Waals surface area contributed by atoms with Crippen molar-refractivity contribution in [2.24, 2.45) is 5.73 Å². The molecule has 0 radical (unpaired) electrons. The number of nitrogens with zero attached hydrogens (tertiary/aromatic N) is 1. The Morgan fingerprint density at radius 3 is 2.40 bits per heavy atom. The predicted molar refractivity (Wildman–Crippen MR) is 75.0 cm³/mol. The molecule has 1 aliphatic carbocycles. The van der Waals surface area contributed by atoms with E-state index < -0.39 is 0 Å². The molecule has 3 rings (SSSR count). The molecule has 0 saturated heterocycles. The highest BCUT2D eigenvalue weighted by Crippen LogP contribution is 2.26. The van der Waals surface area contributed by atoms with Crippen LogP contribution < -0.4 is 11.5 Å². The van der Waals surface area contributed by atoms with E-state index in [2.05, 4.69) is 4.98 Å². The van der Waals surface area contributed by atoms with Gasteiger partial charge >= 0.3 is 0 Å². The number of ketones is 2. The van der Waals surface area contributed by atoms with Gasteiger partial charge in [-0.3, -0.25) is 9.59 Å². The first-order valence-corrected chi connectivity index (χ1v) is 6.00. The summed E-state index contributed by atoms with van der Waals surface area (Å²) in [5, 5.41) is 0. The third kappa shape index (κ3) is 1.76. The second-order valence-corrected chi connectivity index (χ2v) is 4.47. The summed E-state index contributed by atoms with van der Waals surface area (Å²) in [5.41, 5.74) is 13.5. The summed E-state index contributed by atoms with van der Waals surface area (Å²) < 4.78 is 0. The largest absolute Gasteiger partial charge is 0.398 e. The zero-order valence-corrected chi connectivity index (χ0v) is 10.5. The van der Waals surface area contributed by atoms with E-state index in [0.717, 1.165) is 11.6 Å². The molecule has 0 fully saturated rings. The van der Waals surface area contributed by atoms with Gasteiger partial charge in [-0.05, 0) is 18.2 Å². The third-order valence-corrected chi connectivity index (χ3v) is 3.16. The van der Waals surface area contributed by atoms with Crippen LogP contribution in [0.25, 0.3) is 11.3 Å². The summed E-state index contributed by atoms with van der Waals surface area (Å²) in [6, 6.07) is 10.4. The minimum absolute atomic E-state index is 0.0590. The van der Waals surface area contributed by atoms with Crippen LogP contribution in [0.3, 0.4) is 0 Å². The van der Waals surface area contributed by atoms with E-state index in [1.54, 1.807) is 18.2 Å². The normalized spacial score (nSPS) is 13.9. The van der Waals surface area contributed by atoms with Crippen LogP contribution in [0.5, 0.6) is 0 Å². The highest BCUT2D eigenvalue weighted by Gasteiger charge is 2.25. The molecule has 1 aliphatic rings. The molecule has 1 aromatic carbocycles. The van der Waals surface area contributed by atoms with Gasteiger partial charge in [-0.2, -0.15) is 0 Å². The Hall–Kier alpha value is -2.95. The van der Waals surface area contributed by atoms with E-state index in [0.29, 0.717) is 11.4 Å². The molecule has 20 heavy (non-hydrogen) atoms. The number of nitrogen functional groups attached to an aromatic ring is 1. The van der Waals surface area contributed by atoms with Crippen LogP contribution in [0.4, 0.5) is 5.69 Å². The van der Waals surface area contributed by atoms with E-state index in [-0.39, 0.29) is 28.5 Å². The Morgan fingerprint density at radius 2 is 1.65 bits per heavy atom. The lowest BCUT2D eigenvalue weighted by molar-refractivity contribution is 0.0980. The van der Waals surface area contributed by atoms with Crippen molar-refractivity contribution in [3.05, 3.63) is 59.4 Å². The molecule has 0 bridgehead atoms. The zero-order valence-electron chi connectivity index (χ0n) is 10.5. The quantitative estimate of drug-likeness (QED) is 0.762. The Labute approximate surface area is 114 Å². The number of benzene rings is 1. The van der Waals surface area contributed by atoms with Gasteiger partial charge in [0, 0.05) is 17.3 Å². The number of pyridine rings is 1. The average Bonchev–Trinajstić information content (AvgIpc) is 2.45. The fourth-order valence-electron chi connectivity index (χ4n) is 2.14. The summed E-state index contributed by atoms with van der Waals surface area (Å²) in [4.78, 5) is 28.0. The van der Waals surface area contributed by atoms with E-state index in [1.165, 1.54) is 0 Å². The molecule has 4 N–H and O–H groups in total. The number of hydrogen-bond acceptors (Lipinski definition) is 5. The van der Waals surface area contributed by atoms with E-state index in [1.807, 2.05) is 18.2 Å². The number of fused-ring (bicyclic) bond motifs is 1. The molecule has 5 nitrogen and oxygen atoms in total. The number of aromatic nitrogens is 1. The van der Waals surface area contributed by atoms with E-state index in [4.69, 9.17) is 11.5 Å². The molecular weight excluding hydrogens is 254 g/mol. The van der Waals surface area contributed by atoms with Crippen LogP contribution in [-0.4, -0.2) is 16.6 Å². The minimum Gasteiger partial charge on any atom is -0.398 e. The monoisotopic (exact) mass is 265 g/mol. The van der Waals surface area contributed by atoms with Gasteiger partial charge < -0.3 is 11.5 Å². The first kappa shape index (κ1) is 12.1. The summed E-state index contributed by atoms with van der Waals surface area (Å²) in [7, 11) is 0. The second kappa shape index (κ2) is 4.31. The van der Waals surface area contributed by atoms with Gasteiger partial charge in [0.2, 0.25) is 11.6 Å². The standard InChI is InChI=1S/C15H11N3O2/c16-10-4-2-1-3-8(10)12-6-5-9-14(18-12)13(19)7-11(17)15(9)20/h1-7H,16-17H2. The molecule has 5 heteroatoms. The molecule has 98 valence electrons. The SMILES string of the molecule is NC1=CC(=O)c2nc(-c3ccccc3N)ccc2C1=O.